The molecule has 0 aliphatic rings. The van der Waals surface area contributed by atoms with Crippen LogP contribution in [0.5, 0.6) is 0 Å². The van der Waals surface area contributed by atoms with Gasteiger partial charge in [-0.25, -0.2) is 0 Å². The molecule has 0 fully saturated rings. The van der Waals surface area contributed by atoms with E-state index in [1.165, 1.54) is 0 Å². The van der Waals surface area contributed by atoms with Gasteiger partial charge in [-0.05, 0) is 5.56 Å². The number of aldehydes is 1. The van der Waals surface area contributed by atoms with E-state index >= 15 is 0 Å². The molecular weight excluding hydrogens is 176 g/mol. The molecule has 72 valence electrons. The third-order valence-electron chi connectivity index (χ3n) is 1.73. The van der Waals surface area contributed by atoms with E-state index < -0.39 is 0 Å². The molecule has 1 N–H and O–H groups in total. The fourth-order valence-corrected chi connectivity index (χ4v) is 0.976. The van der Waals surface area contributed by atoms with Gasteiger partial charge in [0.2, 0.25) is 0 Å². The lowest BCUT2D eigenvalue weighted by atomic mass is 10.2. The fourth-order valence-electron chi connectivity index (χ4n) is 0.976. The summed E-state index contributed by atoms with van der Waals surface area (Å²) in [6.45, 7) is -0.220. The van der Waals surface area contributed by atoms with Gasteiger partial charge in [-0.2, -0.15) is 0 Å². The number of carbonyl (C=O) groups excluding carboxylic acids is 1. The SMILES string of the molecule is O=C/C(=C/C=C/c1ccccc1)CO. The molecule has 14 heavy (non-hydrogen) atoms. The second-order valence-electron chi connectivity index (χ2n) is 2.79. The minimum Gasteiger partial charge on any atom is -0.392 e. The minimum atomic E-state index is -0.220. The summed E-state index contributed by atoms with van der Waals surface area (Å²) in [7, 11) is 0. The van der Waals surface area contributed by atoms with Gasteiger partial charge in [0.25, 0.3) is 0 Å². The van der Waals surface area contributed by atoms with Gasteiger partial charge in [0.1, 0.15) is 6.29 Å². The predicted octanol–water partition coefficient (Wildman–Crippen LogP) is 1.82. The van der Waals surface area contributed by atoms with Crippen molar-refractivity contribution in [2.75, 3.05) is 6.61 Å². The van der Waals surface area contributed by atoms with E-state index in [1.807, 2.05) is 36.4 Å². The zero-order chi connectivity index (χ0) is 10.2. The van der Waals surface area contributed by atoms with Crippen molar-refractivity contribution in [3.8, 4) is 0 Å². The van der Waals surface area contributed by atoms with Crippen LogP contribution in [-0.2, 0) is 4.79 Å². The summed E-state index contributed by atoms with van der Waals surface area (Å²) in [6.07, 6.45) is 5.86. The van der Waals surface area contributed by atoms with Crippen molar-refractivity contribution >= 4 is 12.4 Å². The molecule has 1 aromatic carbocycles. The van der Waals surface area contributed by atoms with E-state index in [0.29, 0.717) is 11.9 Å². The van der Waals surface area contributed by atoms with Gasteiger partial charge in [-0.3, -0.25) is 4.79 Å². The maximum Gasteiger partial charge on any atom is 0.148 e. The Bertz CT molecular complexity index is 337. The van der Waals surface area contributed by atoms with E-state index in [0.717, 1.165) is 5.56 Å². The van der Waals surface area contributed by atoms with Gasteiger partial charge in [0, 0.05) is 5.57 Å². The molecule has 2 nitrogen and oxygen atoms in total. The quantitative estimate of drug-likeness (QED) is 0.444. The molecule has 0 aliphatic carbocycles. The Morgan fingerprint density at radius 2 is 2.00 bits per heavy atom. The Hall–Kier alpha value is -1.67. The summed E-state index contributed by atoms with van der Waals surface area (Å²) < 4.78 is 0. The number of benzene rings is 1. The average Bonchev–Trinajstić information content (AvgIpc) is 2.26. The lowest BCUT2D eigenvalue weighted by Crippen LogP contribution is -1.89. The first-order valence-corrected chi connectivity index (χ1v) is 4.35. The first-order chi connectivity index (χ1) is 6.86. The van der Waals surface area contributed by atoms with Gasteiger partial charge in [0.15, 0.2) is 0 Å². The number of hydrogen-bond acceptors (Lipinski definition) is 2. The molecule has 0 radical (unpaired) electrons. The van der Waals surface area contributed by atoms with Crippen LogP contribution in [0.4, 0.5) is 0 Å². The Morgan fingerprint density at radius 1 is 1.29 bits per heavy atom. The normalized spacial score (nSPS) is 11.9. The lowest BCUT2D eigenvalue weighted by molar-refractivity contribution is -0.105. The van der Waals surface area contributed by atoms with Crippen LogP contribution in [0.25, 0.3) is 6.08 Å². The molecule has 0 aliphatic heterocycles. The van der Waals surface area contributed by atoms with E-state index in [4.69, 9.17) is 5.11 Å². The van der Waals surface area contributed by atoms with E-state index in [-0.39, 0.29) is 6.61 Å². The van der Waals surface area contributed by atoms with Crippen LogP contribution >= 0.6 is 0 Å². The zero-order valence-corrected chi connectivity index (χ0v) is 7.76. The largest absolute Gasteiger partial charge is 0.392 e. The first-order valence-electron chi connectivity index (χ1n) is 4.35. The highest BCUT2D eigenvalue weighted by Crippen LogP contribution is 2.01. The van der Waals surface area contributed by atoms with Gasteiger partial charge in [-0.1, -0.05) is 48.6 Å². The summed E-state index contributed by atoms with van der Waals surface area (Å²) in [5.41, 5.74) is 1.43. The second kappa shape index (κ2) is 5.89. The van der Waals surface area contributed by atoms with Gasteiger partial charge < -0.3 is 5.11 Å². The fraction of sp³-hybridized carbons (Fsp3) is 0.0833. The molecular formula is C12H12O2. The van der Waals surface area contributed by atoms with Crippen molar-refractivity contribution in [1.29, 1.82) is 0 Å². The molecule has 1 aromatic rings. The number of allylic oxidation sites excluding steroid dienone is 2. The van der Waals surface area contributed by atoms with Crippen molar-refractivity contribution in [2.24, 2.45) is 0 Å². The van der Waals surface area contributed by atoms with Crippen molar-refractivity contribution in [3.05, 3.63) is 53.6 Å². The number of rotatable bonds is 4. The summed E-state index contributed by atoms with van der Waals surface area (Å²) in [5, 5.41) is 8.69. The molecule has 1 rings (SSSR count). The highest BCUT2D eigenvalue weighted by molar-refractivity contribution is 5.74. The first kappa shape index (κ1) is 10.4. The van der Waals surface area contributed by atoms with Crippen LogP contribution in [0.1, 0.15) is 5.56 Å². The van der Waals surface area contributed by atoms with Crippen LogP contribution in [0.2, 0.25) is 0 Å². The van der Waals surface area contributed by atoms with Crippen LogP contribution in [0, 0.1) is 0 Å². The molecule has 0 amide bonds. The van der Waals surface area contributed by atoms with Crippen molar-refractivity contribution in [3.63, 3.8) is 0 Å². The van der Waals surface area contributed by atoms with Crippen LogP contribution < -0.4 is 0 Å². The number of aliphatic hydroxyl groups is 1. The summed E-state index contributed by atoms with van der Waals surface area (Å²) >= 11 is 0. The summed E-state index contributed by atoms with van der Waals surface area (Å²) in [6, 6.07) is 9.75. The summed E-state index contributed by atoms with van der Waals surface area (Å²) in [4.78, 5) is 10.3. The maximum absolute atomic E-state index is 10.3. The Morgan fingerprint density at radius 3 is 2.57 bits per heavy atom. The van der Waals surface area contributed by atoms with Crippen molar-refractivity contribution in [1.82, 2.24) is 0 Å². The smallest absolute Gasteiger partial charge is 0.148 e. The standard InChI is InChI=1S/C12H12O2/c13-9-12(10-14)8-4-7-11-5-2-1-3-6-11/h1-9,14H,10H2/b7-4+,12-8-. The van der Waals surface area contributed by atoms with Crippen molar-refractivity contribution < 1.29 is 9.90 Å². The van der Waals surface area contributed by atoms with Crippen LogP contribution in [0.15, 0.2) is 48.1 Å². The molecule has 0 spiro atoms. The van der Waals surface area contributed by atoms with Crippen LogP contribution in [0.3, 0.4) is 0 Å². The Balaban J connectivity index is 2.65. The molecule has 0 saturated carbocycles. The molecule has 0 bridgehead atoms. The topological polar surface area (TPSA) is 37.3 Å². The average molecular weight is 188 g/mol. The van der Waals surface area contributed by atoms with Gasteiger partial charge >= 0.3 is 0 Å². The second-order valence-corrected chi connectivity index (χ2v) is 2.79. The molecule has 0 atom stereocenters. The van der Waals surface area contributed by atoms with Crippen molar-refractivity contribution in [2.45, 2.75) is 0 Å². The highest BCUT2D eigenvalue weighted by atomic mass is 16.3. The van der Waals surface area contributed by atoms with E-state index in [2.05, 4.69) is 0 Å². The number of carbonyl (C=O) groups is 1. The summed E-state index contributed by atoms with van der Waals surface area (Å²) in [5.74, 6) is 0. The molecule has 0 unspecified atom stereocenters. The highest BCUT2D eigenvalue weighted by Gasteiger charge is 1.87. The lowest BCUT2D eigenvalue weighted by Gasteiger charge is -1.90. The zero-order valence-electron chi connectivity index (χ0n) is 7.76. The van der Waals surface area contributed by atoms with Gasteiger partial charge in [0.05, 0.1) is 6.61 Å². The third kappa shape index (κ3) is 3.37. The molecule has 2 heteroatoms. The van der Waals surface area contributed by atoms with Crippen LogP contribution in [-0.4, -0.2) is 18.0 Å². The van der Waals surface area contributed by atoms with E-state index in [1.54, 1.807) is 12.2 Å². The minimum absolute atomic E-state index is 0.220. The Labute approximate surface area is 83.2 Å². The number of hydrogen-bond donors (Lipinski definition) is 1. The van der Waals surface area contributed by atoms with Gasteiger partial charge in [-0.15, -0.1) is 0 Å². The third-order valence-corrected chi connectivity index (χ3v) is 1.73. The van der Waals surface area contributed by atoms with E-state index in [9.17, 15) is 4.79 Å². The number of aliphatic hydroxyl groups excluding tert-OH is 1. The molecule has 0 aromatic heterocycles. The maximum atomic E-state index is 10.3. The predicted molar refractivity (Wildman–Crippen MR) is 56.7 cm³/mol. The monoisotopic (exact) mass is 188 g/mol. The molecule has 0 saturated heterocycles. The Kier molecular flexibility index (Phi) is 4.38. The molecule has 0 heterocycles.